The Bertz CT molecular complexity index is 464. The van der Waals surface area contributed by atoms with Crippen LogP contribution in [0.15, 0.2) is 18.2 Å². The molecule has 1 saturated heterocycles. The van der Waals surface area contributed by atoms with Crippen molar-refractivity contribution in [3.63, 3.8) is 0 Å². The van der Waals surface area contributed by atoms with E-state index >= 15 is 0 Å². The van der Waals surface area contributed by atoms with Gasteiger partial charge in [0.1, 0.15) is 0 Å². The Labute approximate surface area is 111 Å². The van der Waals surface area contributed by atoms with Crippen LogP contribution >= 0.6 is 0 Å². The molecule has 0 spiro atoms. The number of hydrogen-bond acceptors (Lipinski definition) is 5. The molecule has 0 saturated carbocycles. The summed E-state index contributed by atoms with van der Waals surface area (Å²) >= 11 is 0. The predicted molar refractivity (Wildman–Crippen MR) is 71.7 cm³/mol. The number of hydrogen-bond donors (Lipinski definition) is 1. The van der Waals surface area contributed by atoms with Crippen molar-refractivity contribution in [1.82, 2.24) is 0 Å². The van der Waals surface area contributed by atoms with Crippen LogP contribution < -0.4 is 10.1 Å². The molecule has 0 radical (unpaired) electrons. The van der Waals surface area contributed by atoms with Crippen molar-refractivity contribution in [2.24, 2.45) is 0 Å². The van der Waals surface area contributed by atoms with E-state index in [-0.39, 0.29) is 23.6 Å². The molecule has 1 heterocycles. The monoisotopic (exact) mass is 266 g/mol. The van der Waals surface area contributed by atoms with Gasteiger partial charge in [0.15, 0.2) is 5.75 Å². The summed E-state index contributed by atoms with van der Waals surface area (Å²) in [6.45, 7) is 2.75. The van der Waals surface area contributed by atoms with Crippen LogP contribution in [-0.2, 0) is 4.74 Å². The van der Waals surface area contributed by atoms with Crippen molar-refractivity contribution < 1.29 is 14.4 Å². The average Bonchev–Trinajstić information content (AvgIpc) is 2.38. The second-order valence-electron chi connectivity index (χ2n) is 4.69. The van der Waals surface area contributed by atoms with Crippen molar-refractivity contribution in [2.75, 3.05) is 19.0 Å². The van der Waals surface area contributed by atoms with Crippen LogP contribution in [0.2, 0.25) is 0 Å². The van der Waals surface area contributed by atoms with Crippen LogP contribution in [-0.4, -0.2) is 30.8 Å². The van der Waals surface area contributed by atoms with Crippen molar-refractivity contribution in [3.8, 4) is 5.75 Å². The number of anilines is 1. The number of rotatable bonds is 4. The van der Waals surface area contributed by atoms with Crippen LogP contribution in [0.4, 0.5) is 11.4 Å². The summed E-state index contributed by atoms with van der Waals surface area (Å²) in [5.74, 6) is 0.274. The Balaban J connectivity index is 2.12. The Morgan fingerprint density at radius 2 is 2.32 bits per heavy atom. The van der Waals surface area contributed by atoms with Gasteiger partial charge < -0.3 is 14.8 Å². The summed E-state index contributed by atoms with van der Waals surface area (Å²) in [5.41, 5.74) is 0.721. The summed E-state index contributed by atoms with van der Waals surface area (Å²) < 4.78 is 10.5. The van der Waals surface area contributed by atoms with Gasteiger partial charge in [-0.25, -0.2) is 0 Å². The van der Waals surface area contributed by atoms with Crippen LogP contribution in [0.25, 0.3) is 0 Å². The molecule has 1 aliphatic heterocycles. The molecular formula is C13H18N2O4. The summed E-state index contributed by atoms with van der Waals surface area (Å²) in [5, 5.41) is 14.3. The Hall–Kier alpha value is -1.82. The van der Waals surface area contributed by atoms with Crippen molar-refractivity contribution in [3.05, 3.63) is 28.3 Å². The number of methoxy groups -OCH3 is 1. The van der Waals surface area contributed by atoms with Crippen molar-refractivity contribution in [2.45, 2.75) is 31.9 Å². The smallest absolute Gasteiger partial charge is 0.312 e. The number of nitro benzene ring substituents is 1. The van der Waals surface area contributed by atoms with Crippen LogP contribution in [0.1, 0.15) is 19.8 Å². The minimum absolute atomic E-state index is 0.0207. The molecule has 1 aromatic carbocycles. The van der Waals surface area contributed by atoms with Crippen molar-refractivity contribution >= 4 is 11.4 Å². The molecule has 0 aliphatic carbocycles. The van der Waals surface area contributed by atoms with E-state index in [1.54, 1.807) is 12.1 Å². The normalized spacial score (nSPS) is 22.8. The van der Waals surface area contributed by atoms with Gasteiger partial charge in [-0.3, -0.25) is 10.1 Å². The Kier molecular flexibility index (Phi) is 4.21. The minimum atomic E-state index is -0.434. The molecule has 2 rings (SSSR count). The van der Waals surface area contributed by atoms with Crippen molar-refractivity contribution in [1.29, 1.82) is 0 Å². The van der Waals surface area contributed by atoms with Gasteiger partial charge in [-0.05, 0) is 31.9 Å². The van der Waals surface area contributed by atoms with Gasteiger partial charge in [-0.15, -0.1) is 0 Å². The maximum atomic E-state index is 11.0. The lowest BCUT2D eigenvalue weighted by atomic mass is 10.0. The number of benzene rings is 1. The van der Waals surface area contributed by atoms with Crippen LogP contribution in [0, 0.1) is 10.1 Å². The SMILES string of the molecule is COc1ccc(NC2CCOC(C)C2)cc1[N+](=O)[O-]. The van der Waals surface area contributed by atoms with E-state index in [0.717, 1.165) is 25.1 Å². The lowest BCUT2D eigenvalue weighted by molar-refractivity contribution is -0.385. The molecule has 1 aliphatic rings. The van der Waals surface area contributed by atoms with E-state index < -0.39 is 4.92 Å². The first-order valence-corrected chi connectivity index (χ1v) is 6.30. The number of nitro groups is 1. The maximum Gasteiger partial charge on any atom is 0.312 e. The third kappa shape index (κ3) is 3.35. The molecule has 0 amide bonds. The van der Waals surface area contributed by atoms with Gasteiger partial charge in [0.05, 0.1) is 18.1 Å². The first-order chi connectivity index (χ1) is 9.10. The zero-order valence-electron chi connectivity index (χ0n) is 11.1. The number of nitrogens with zero attached hydrogens (tertiary/aromatic N) is 1. The molecular weight excluding hydrogens is 248 g/mol. The first kappa shape index (κ1) is 13.6. The van der Waals surface area contributed by atoms with E-state index in [1.807, 2.05) is 6.92 Å². The summed E-state index contributed by atoms with van der Waals surface area (Å²) in [6.07, 6.45) is 2.03. The van der Waals surface area contributed by atoms with E-state index in [4.69, 9.17) is 9.47 Å². The zero-order valence-corrected chi connectivity index (χ0v) is 11.1. The molecule has 2 atom stereocenters. The molecule has 6 nitrogen and oxygen atoms in total. The minimum Gasteiger partial charge on any atom is -0.490 e. The zero-order chi connectivity index (χ0) is 13.8. The molecule has 0 bridgehead atoms. The highest BCUT2D eigenvalue weighted by atomic mass is 16.6. The lowest BCUT2D eigenvalue weighted by Gasteiger charge is -2.28. The van der Waals surface area contributed by atoms with E-state index in [2.05, 4.69) is 5.32 Å². The fourth-order valence-electron chi connectivity index (χ4n) is 2.29. The molecule has 1 fully saturated rings. The Morgan fingerprint density at radius 1 is 1.53 bits per heavy atom. The summed E-state index contributed by atoms with van der Waals surface area (Å²) in [6, 6.07) is 5.21. The summed E-state index contributed by atoms with van der Waals surface area (Å²) in [7, 11) is 1.43. The van der Waals surface area contributed by atoms with Crippen LogP contribution in [0.5, 0.6) is 5.75 Å². The van der Waals surface area contributed by atoms with Gasteiger partial charge >= 0.3 is 5.69 Å². The third-order valence-electron chi connectivity index (χ3n) is 3.23. The van der Waals surface area contributed by atoms with Gasteiger partial charge in [-0.1, -0.05) is 0 Å². The quantitative estimate of drug-likeness (QED) is 0.669. The van der Waals surface area contributed by atoms with Gasteiger partial charge in [-0.2, -0.15) is 0 Å². The average molecular weight is 266 g/mol. The third-order valence-corrected chi connectivity index (χ3v) is 3.23. The van der Waals surface area contributed by atoms with E-state index in [9.17, 15) is 10.1 Å². The predicted octanol–water partition coefficient (Wildman–Crippen LogP) is 2.58. The second-order valence-corrected chi connectivity index (χ2v) is 4.69. The largest absolute Gasteiger partial charge is 0.490 e. The number of nitrogens with one attached hydrogen (secondary N) is 1. The highest BCUT2D eigenvalue weighted by molar-refractivity contribution is 5.58. The fourth-order valence-corrected chi connectivity index (χ4v) is 2.29. The van der Waals surface area contributed by atoms with E-state index in [0.29, 0.717) is 0 Å². The topological polar surface area (TPSA) is 73.6 Å². The molecule has 1 N–H and O–H groups in total. The molecule has 0 aromatic heterocycles. The highest BCUT2D eigenvalue weighted by Gasteiger charge is 2.21. The van der Waals surface area contributed by atoms with E-state index in [1.165, 1.54) is 13.2 Å². The Morgan fingerprint density at radius 3 is 2.95 bits per heavy atom. The molecule has 2 unspecified atom stereocenters. The standard InChI is InChI=1S/C13H18N2O4/c1-9-7-11(5-6-19-9)14-10-3-4-13(18-2)12(8-10)15(16)17/h3-4,8-9,11,14H,5-7H2,1-2H3. The van der Waals surface area contributed by atoms with Crippen LogP contribution in [0.3, 0.4) is 0 Å². The fraction of sp³-hybridized carbons (Fsp3) is 0.538. The first-order valence-electron chi connectivity index (χ1n) is 6.30. The molecule has 104 valence electrons. The molecule has 6 heteroatoms. The van der Waals surface area contributed by atoms with Gasteiger partial charge in [0.2, 0.25) is 0 Å². The number of ether oxygens (including phenoxy) is 2. The summed E-state index contributed by atoms with van der Waals surface area (Å²) in [4.78, 5) is 10.5. The maximum absolute atomic E-state index is 11.0. The lowest BCUT2D eigenvalue weighted by Crippen LogP contribution is -2.32. The molecule has 1 aromatic rings. The van der Waals surface area contributed by atoms with Gasteiger partial charge in [0.25, 0.3) is 0 Å². The molecule has 19 heavy (non-hydrogen) atoms. The van der Waals surface area contributed by atoms with Gasteiger partial charge in [0, 0.05) is 24.4 Å². The second kappa shape index (κ2) is 5.88. The highest BCUT2D eigenvalue weighted by Crippen LogP contribution is 2.30.